The molecule has 0 unspecified atom stereocenters. The molecule has 3 rings (SSSR count). The van der Waals surface area contributed by atoms with Crippen LogP contribution in [0.5, 0.6) is 0 Å². The van der Waals surface area contributed by atoms with E-state index in [-0.39, 0.29) is 5.78 Å². The molecule has 0 N–H and O–H groups in total. The van der Waals surface area contributed by atoms with Crippen LogP contribution in [0.2, 0.25) is 5.02 Å². The van der Waals surface area contributed by atoms with E-state index < -0.39 is 0 Å². The highest BCUT2D eigenvalue weighted by Gasteiger charge is 2.22. The number of ketones is 1. The number of aryl methyl sites for hydroxylation is 3. The van der Waals surface area contributed by atoms with Crippen LogP contribution in [0, 0.1) is 20.8 Å². The summed E-state index contributed by atoms with van der Waals surface area (Å²) in [5.74, 6) is 1.49. The standard InChI is InChI=1S/C16H13ClO3/c1-8-6-13(10(3)19-8)15(18)16-9(2)12-7-11(17)4-5-14(12)20-16/h4-7H,1-3H3. The molecule has 0 aliphatic heterocycles. The molecule has 0 spiro atoms. The van der Waals surface area contributed by atoms with Gasteiger partial charge in [0.2, 0.25) is 5.78 Å². The summed E-state index contributed by atoms with van der Waals surface area (Å²) >= 11 is 5.98. The van der Waals surface area contributed by atoms with Crippen molar-refractivity contribution in [1.82, 2.24) is 0 Å². The van der Waals surface area contributed by atoms with Crippen LogP contribution in [-0.2, 0) is 0 Å². The van der Waals surface area contributed by atoms with Crippen LogP contribution in [0.25, 0.3) is 11.0 Å². The molecule has 0 saturated heterocycles. The number of hydrogen-bond donors (Lipinski definition) is 0. The number of benzene rings is 1. The Kier molecular flexibility index (Phi) is 2.94. The van der Waals surface area contributed by atoms with Gasteiger partial charge >= 0.3 is 0 Å². The van der Waals surface area contributed by atoms with Gasteiger partial charge in [0.1, 0.15) is 17.1 Å². The van der Waals surface area contributed by atoms with Crippen molar-refractivity contribution in [3.05, 3.63) is 57.7 Å². The maximum Gasteiger partial charge on any atom is 0.232 e. The minimum absolute atomic E-state index is 0.163. The smallest absolute Gasteiger partial charge is 0.232 e. The maximum absolute atomic E-state index is 12.6. The van der Waals surface area contributed by atoms with E-state index in [1.54, 1.807) is 31.2 Å². The second kappa shape index (κ2) is 4.53. The molecule has 3 nitrogen and oxygen atoms in total. The van der Waals surface area contributed by atoms with Gasteiger partial charge in [-0.2, -0.15) is 0 Å². The van der Waals surface area contributed by atoms with Gasteiger partial charge in [-0.25, -0.2) is 0 Å². The van der Waals surface area contributed by atoms with Crippen molar-refractivity contribution in [2.24, 2.45) is 0 Å². The Bertz CT molecular complexity index is 824. The fourth-order valence-electron chi connectivity index (χ4n) is 2.39. The molecule has 2 heterocycles. The average Bonchev–Trinajstić information content (AvgIpc) is 2.90. The minimum Gasteiger partial charge on any atom is -0.466 e. The summed E-state index contributed by atoms with van der Waals surface area (Å²) in [4.78, 5) is 12.6. The molecule has 0 atom stereocenters. The van der Waals surface area contributed by atoms with Gasteiger partial charge in [-0.3, -0.25) is 4.79 Å². The summed E-state index contributed by atoms with van der Waals surface area (Å²) in [7, 11) is 0. The molecule has 0 radical (unpaired) electrons. The van der Waals surface area contributed by atoms with Crippen molar-refractivity contribution in [2.75, 3.05) is 0 Å². The summed E-state index contributed by atoms with van der Waals surface area (Å²) in [6, 6.07) is 7.06. The largest absolute Gasteiger partial charge is 0.466 e. The molecule has 102 valence electrons. The Balaban J connectivity index is 2.17. The monoisotopic (exact) mass is 288 g/mol. The van der Waals surface area contributed by atoms with Gasteiger partial charge in [-0.15, -0.1) is 0 Å². The van der Waals surface area contributed by atoms with E-state index >= 15 is 0 Å². The first-order valence-corrected chi connectivity index (χ1v) is 6.65. The summed E-state index contributed by atoms with van der Waals surface area (Å²) in [5, 5.41) is 1.48. The Morgan fingerprint density at radius 3 is 2.50 bits per heavy atom. The first-order valence-electron chi connectivity index (χ1n) is 6.27. The van der Waals surface area contributed by atoms with Gasteiger partial charge in [0.05, 0.1) is 5.56 Å². The lowest BCUT2D eigenvalue weighted by Gasteiger charge is -1.96. The van der Waals surface area contributed by atoms with Crippen LogP contribution in [0.3, 0.4) is 0 Å². The lowest BCUT2D eigenvalue weighted by Crippen LogP contribution is -2.01. The molecule has 0 amide bonds. The number of hydrogen-bond acceptors (Lipinski definition) is 3. The average molecular weight is 289 g/mol. The molecule has 3 aromatic rings. The number of halogens is 1. The van der Waals surface area contributed by atoms with Crippen LogP contribution in [0.4, 0.5) is 0 Å². The number of furan rings is 2. The molecule has 0 aliphatic carbocycles. The Morgan fingerprint density at radius 2 is 1.85 bits per heavy atom. The third-order valence-corrected chi connectivity index (χ3v) is 3.63. The number of fused-ring (bicyclic) bond motifs is 1. The van der Waals surface area contributed by atoms with E-state index in [2.05, 4.69) is 0 Å². The highest BCUT2D eigenvalue weighted by Crippen LogP contribution is 2.30. The number of carbonyl (C=O) groups excluding carboxylic acids is 1. The molecule has 20 heavy (non-hydrogen) atoms. The minimum atomic E-state index is -0.163. The zero-order chi connectivity index (χ0) is 14.4. The van der Waals surface area contributed by atoms with E-state index in [0.29, 0.717) is 33.4 Å². The highest BCUT2D eigenvalue weighted by atomic mass is 35.5. The van der Waals surface area contributed by atoms with Crippen LogP contribution < -0.4 is 0 Å². The van der Waals surface area contributed by atoms with Gasteiger partial charge in [0.25, 0.3) is 0 Å². The fraction of sp³-hybridized carbons (Fsp3) is 0.188. The van der Waals surface area contributed by atoms with Crippen LogP contribution in [0.15, 0.2) is 33.1 Å². The van der Waals surface area contributed by atoms with E-state index in [0.717, 1.165) is 10.9 Å². The fourth-order valence-corrected chi connectivity index (χ4v) is 2.56. The van der Waals surface area contributed by atoms with Gasteiger partial charge < -0.3 is 8.83 Å². The zero-order valence-corrected chi connectivity index (χ0v) is 12.2. The first kappa shape index (κ1) is 13.0. The zero-order valence-electron chi connectivity index (χ0n) is 11.4. The molecule has 0 bridgehead atoms. The maximum atomic E-state index is 12.6. The second-order valence-corrected chi connectivity index (χ2v) is 5.29. The molecule has 1 aromatic carbocycles. The summed E-state index contributed by atoms with van der Waals surface area (Å²) in [5.41, 5.74) is 2.00. The van der Waals surface area contributed by atoms with Gasteiger partial charge in [0, 0.05) is 16.0 Å². The summed E-state index contributed by atoms with van der Waals surface area (Å²) in [6.45, 7) is 5.45. The van der Waals surface area contributed by atoms with Crippen LogP contribution in [-0.4, -0.2) is 5.78 Å². The van der Waals surface area contributed by atoms with Crippen molar-refractivity contribution in [3.8, 4) is 0 Å². The Morgan fingerprint density at radius 1 is 1.10 bits per heavy atom. The first-order chi connectivity index (χ1) is 9.47. The molecule has 0 saturated carbocycles. The SMILES string of the molecule is Cc1cc(C(=O)c2oc3ccc(Cl)cc3c2C)c(C)o1. The topological polar surface area (TPSA) is 43.4 Å². The summed E-state index contributed by atoms with van der Waals surface area (Å²) < 4.78 is 11.1. The van der Waals surface area contributed by atoms with Crippen LogP contribution in [0.1, 0.15) is 33.2 Å². The van der Waals surface area contributed by atoms with Crippen LogP contribution >= 0.6 is 11.6 Å². The predicted octanol–water partition coefficient (Wildman–Crippen LogP) is 4.84. The third-order valence-electron chi connectivity index (χ3n) is 3.39. The predicted molar refractivity (Wildman–Crippen MR) is 77.6 cm³/mol. The number of carbonyl (C=O) groups is 1. The van der Waals surface area contributed by atoms with Gasteiger partial charge in [0.15, 0.2) is 5.76 Å². The van der Waals surface area contributed by atoms with Crippen molar-refractivity contribution in [2.45, 2.75) is 20.8 Å². The number of rotatable bonds is 2. The quantitative estimate of drug-likeness (QED) is 0.634. The van der Waals surface area contributed by atoms with E-state index in [1.165, 1.54) is 0 Å². The lowest BCUT2D eigenvalue weighted by atomic mass is 10.1. The van der Waals surface area contributed by atoms with E-state index in [4.69, 9.17) is 20.4 Å². The molecule has 4 heteroatoms. The van der Waals surface area contributed by atoms with Crippen molar-refractivity contribution < 1.29 is 13.6 Å². The molecular formula is C16H13ClO3. The normalized spacial score (nSPS) is 11.2. The molecule has 0 aliphatic rings. The van der Waals surface area contributed by atoms with E-state index in [9.17, 15) is 4.79 Å². The third kappa shape index (κ3) is 1.95. The second-order valence-electron chi connectivity index (χ2n) is 4.85. The molecule has 0 fully saturated rings. The lowest BCUT2D eigenvalue weighted by molar-refractivity contribution is 0.101. The Labute approximate surface area is 121 Å². The highest BCUT2D eigenvalue weighted by molar-refractivity contribution is 6.31. The van der Waals surface area contributed by atoms with Gasteiger partial charge in [-0.05, 0) is 45.0 Å². The van der Waals surface area contributed by atoms with Crippen molar-refractivity contribution in [3.63, 3.8) is 0 Å². The van der Waals surface area contributed by atoms with Crippen molar-refractivity contribution >= 4 is 28.4 Å². The van der Waals surface area contributed by atoms with Gasteiger partial charge in [-0.1, -0.05) is 11.6 Å². The molecular weight excluding hydrogens is 276 g/mol. The summed E-state index contributed by atoms with van der Waals surface area (Å²) in [6.07, 6.45) is 0. The van der Waals surface area contributed by atoms with Crippen molar-refractivity contribution in [1.29, 1.82) is 0 Å². The molecule has 2 aromatic heterocycles. The Hall–Kier alpha value is -2.00. The van der Waals surface area contributed by atoms with E-state index in [1.807, 2.05) is 13.8 Å².